The third-order valence-electron chi connectivity index (χ3n) is 1.86. The highest BCUT2D eigenvalue weighted by Gasteiger charge is 2.02. The Morgan fingerprint density at radius 2 is 2.20 bits per heavy atom. The minimum Gasteiger partial charge on any atom is -0.249 e. The molecule has 0 radical (unpaired) electrons. The fourth-order valence-electron chi connectivity index (χ4n) is 1.17. The van der Waals surface area contributed by atoms with Gasteiger partial charge in [-0.1, -0.05) is 12.1 Å². The Hall–Kier alpha value is -0.320. The van der Waals surface area contributed by atoms with E-state index in [0.717, 1.165) is 10.2 Å². The highest BCUT2D eigenvalue weighted by atomic mass is 79.9. The lowest BCUT2D eigenvalue weighted by atomic mass is 10.4. The summed E-state index contributed by atoms with van der Waals surface area (Å²) in [6.07, 6.45) is 1.93. The molecule has 1 aromatic carbocycles. The van der Waals surface area contributed by atoms with Crippen LogP contribution in [0.3, 0.4) is 0 Å². The van der Waals surface area contributed by atoms with E-state index in [4.69, 9.17) is 0 Å². The lowest BCUT2D eigenvalue weighted by Gasteiger charge is -2.01. The molecule has 0 saturated heterocycles. The first-order chi connectivity index (χ1) is 7.25. The minimum absolute atomic E-state index is 0.946. The summed E-state index contributed by atoms with van der Waals surface area (Å²) in [6, 6.07) is 8.27. The van der Waals surface area contributed by atoms with Gasteiger partial charge in [0.05, 0.1) is 5.75 Å². The summed E-state index contributed by atoms with van der Waals surface area (Å²) in [7, 11) is 0. The molecule has 1 heterocycles. The first-order valence-corrected chi connectivity index (χ1v) is 7.14. The molecule has 0 bridgehead atoms. The van der Waals surface area contributed by atoms with Crippen LogP contribution in [0.5, 0.6) is 0 Å². The SMILES string of the molecule is Cc1cnc(CSc2ccccc2Br)s1. The Kier molecular flexibility index (Phi) is 3.83. The molecule has 0 atom stereocenters. The number of halogens is 1. The Balaban J connectivity index is 2.02. The highest BCUT2D eigenvalue weighted by molar-refractivity contribution is 9.10. The molecule has 0 aliphatic carbocycles. The second-order valence-corrected chi connectivity index (χ2v) is 6.27. The van der Waals surface area contributed by atoms with E-state index in [1.165, 1.54) is 14.8 Å². The predicted octanol–water partition coefficient (Wildman–Crippen LogP) is 4.51. The molecule has 0 N–H and O–H groups in total. The average Bonchev–Trinajstić information content (AvgIpc) is 2.63. The van der Waals surface area contributed by atoms with Crippen molar-refractivity contribution in [1.82, 2.24) is 4.98 Å². The van der Waals surface area contributed by atoms with Crippen molar-refractivity contribution >= 4 is 39.0 Å². The molecule has 1 aromatic heterocycles. The number of hydrogen-bond acceptors (Lipinski definition) is 3. The average molecular weight is 300 g/mol. The number of rotatable bonds is 3. The molecule has 0 fully saturated rings. The molecule has 15 heavy (non-hydrogen) atoms. The lowest BCUT2D eigenvalue weighted by molar-refractivity contribution is 1.25. The van der Waals surface area contributed by atoms with Gasteiger partial charge in [0.25, 0.3) is 0 Å². The lowest BCUT2D eigenvalue weighted by Crippen LogP contribution is -1.78. The number of aromatic nitrogens is 1. The number of thiazole rings is 1. The zero-order valence-corrected chi connectivity index (χ0v) is 11.5. The van der Waals surface area contributed by atoms with Crippen LogP contribution in [0, 0.1) is 6.92 Å². The second kappa shape index (κ2) is 5.14. The molecule has 0 unspecified atom stereocenters. The van der Waals surface area contributed by atoms with Crippen LogP contribution in [0.1, 0.15) is 9.88 Å². The predicted molar refractivity (Wildman–Crippen MR) is 70.6 cm³/mol. The van der Waals surface area contributed by atoms with Gasteiger partial charge in [-0.05, 0) is 35.0 Å². The summed E-state index contributed by atoms with van der Waals surface area (Å²) in [5, 5.41) is 1.19. The van der Waals surface area contributed by atoms with Crippen molar-refractivity contribution in [2.24, 2.45) is 0 Å². The maximum absolute atomic E-state index is 4.34. The molecule has 78 valence electrons. The topological polar surface area (TPSA) is 12.9 Å². The van der Waals surface area contributed by atoms with E-state index >= 15 is 0 Å². The van der Waals surface area contributed by atoms with Crippen molar-refractivity contribution in [3.8, 4) is 0 Å². The molecule has 0 aliphatic heterocycles. The summed E-state index contributed by atoms with van der Waals surface area (Å²) in [6.45, 7) is 2.09. The number of thioether (sulfide) groups is 1. The molecule has 4 heteroatoms. The standard InChI is InChI=1S/C11H10BrNS2/c1-8-6-13-11(15-8)7-14-10-5-3-2-4-9(10)12/h2-6H,7H2,1H3. The molecule has 2 rings (SSSR count). The Bertz CT molecular complexity index is 453. The van der Waals surface area contributed by atoms with Crippen LogP contribution >= 0.6 is 39.0 Å². The normalized spacial score (nSPS) is 10.5. The maximum Gasteiger partial charge on any atom is 0.103 e. The molecule has 0 spiro atoms. The second-order valence-electron chi connectivity index (χ2n) is 3.08. The molecule has 0 saturated carbocycles. The van der Waals surface area contributed by atoms with Gasteiger partial charge >= 0.3 is 0 Å². The largest absolute Gasteiger partial charge is 0.249 e. The summed E-state index contributed by atoms with van der Waals surface area (Å²) < 4.78 is 1.16. The maximum atomic E-state index is 4.34. The van der Waals surface area contributed by atoms with Crippen molar-refractivity contribution < 1.29 is 0 Å². The van der Waals surface area contributed by atoms with Crippen molar-refractivity contribution in [3.63, 3.8) is 0 Å². The summed E-state index contributed by atoms with van der Waals surface area (Å²) in [5.41, 5.74) is 0. The van der Waals surface area contributed by atoms with Gasteiger partial charge in [-0.15, -0.1) is 23.1 Å². The molecule has 1 nitrogen and oxygen atoms in total. The third kappa shape index (κ3) is 3.06. The van der Waals surface area contributed by atoms with Gasteiger partial charge in [0, 0.05) is 20.4 Å². The van der Waals surface area contributed by atoms with E-state index < -0.39 is 0 Å². The van der Waals surface area contributed by atoms with Crippen molar-refractivity contribution in [2.75, 3.05) is 0 Å². The first kappa shape index (κ1) is 11.2. The van der Waals surface area contributed by atoms with E-state index in [1.54, 1.807) is 11.3 Å². The zero-order valence-electron chi connectivity index (χ0n) is 8.24. The van der Waals surface area contributed by atoms with Gasteiger partial charge in [-0.2, -0.15) is 0 Å². The third-order valence-corrected chi connectivity index (χ3v) is 4.99. The number of hydrogen-bond donors (Lipinski definition) is 0. The van der Waals surface area contributed by atoms with Crippen LogP contribution in [-0.2, 0) is 5.75 Å². The van der Waals surface area contributed by atoms with Gasteiger partial charge < -0.3 is 0 Å². The van der Waals surface area contributed by atoms with E-state index in [1.807, 2.05) is 24.0 Å². The molecular weight excluding hydrogens is 290 g/mol. The Morgan fingerprint density at radius 1 is 1.40 bits per heavy atom. The van der Waals surface area contributed by atoms with Gasteiger partial charge in [0.1, 0.15) is 5.01 Å². The van der Waals surface area contributed by atoms with Crippen molar-refractivity contribution in [1.29, 1.82) is 0 Å². The van der Waals surface area contributed by atoms with E-state index in [2.05, 4.69) is 46.0 Å². The van der Waals surface area contributed by atoms with E-state index in [0.29, 0.717) is 0 Å². The number of aryl methyl sites for hydroxylation is 1. The summed E-state index contributed by atoms with van der Waals surface area (Å²) >= 11 is 7.12. The smallest absolute Gasteiger partial charge is 0.103 e. The minimum atomic E-state index is 0.946. The van der Waals surface area contributed by atoms with Crippen LogP contribution in [0.4, 0.5) is 0 Å². The van der Waals surface area contributed by atoms with Crippen LogP contribution in [0.2, 0.25) is 0 Å². The molecule has 0 aliphatic rings. The van der Waals surface area contributed by atoms with Gasteiger partial charge in [-0.25, -0.2) is 4.98 Å². The van der Waals surface area contributed by atoms with Crippen LogP contribution < -0.4 is 0 Å². The molecule has 2 aromatic rings. The Morgan fingerprint density at radius 3 is 2.87 bits per heavy atom. The van der Waals surface area contributed by atoms with Crippen molar-refractivity contribution in [3.05, 3.63) is 44.8 Å². The highest BCUT2D eigenvalue weighted by Crippen LogP contribution is 2.30. The first-order valence-electron chi connectivity index (χ1n) is 4.54. The summed E-state index contributed by atoms with van der Waals surface area (Å²) in [5.74, 6) is 0.946. The van der Waals surface area contributed by atoms with Crippen LogP contribution in [0.15, 0.2) is 39.8 Å². The fourth-order valence-corrected chi connectivity index (χ4v) is 3.53. The Labute approximate surface area is 106 Å². The molecule has 0 amide bonds. The van der Waals surface area contributed by atoms with Gasteiger partial charge in [0.15, 0.2) is 0 Å². The van der Waals surface area contributed by atoms with Gasteiger partial charge in [0.2, 0.25) is 0 Å². The molecular formula is C11H10BrNS2. The van der Waals surface area contributed by atoms with E-state index in [9.17, 15) is 0 Å². The quantitative estimate of drug-likeness (QED) is 0.774. The van der Waals surface area contributed by atoms with E-state index in [-0.39, 0.29) is 0 Å². The van der Waals surface area contributed by atoms with Crippen LogP contribution in [-0.4, -0.2) is 4.98 Å². The number of benzene rings is 1. The van der Waals surface area contributed by atoms with Gasteiger partial charge in [-0.3, -0.25) is 0 Å². The number of nitrogens with zero attached hydrogens (tertiary/aromatic N) is 1. The van der Waals surface area contributed by atoms with Crippen molar-refractivity contribution in [2.45, 2.75) is 17.6 Å². The van der Waals surface area contributed by atoms with Crippen LogP contribution in [0.25, 0.3) is 0 Å². The zero-order chi connectivity index (χ0) is 10.7. The monoisotopic (exact) mass is 299 g/mol. The fraction of sp³-hybridized carbons (Fsp3) is 0.182. The summed E-state index contributed by atoms with van der Waals surface area (Å²) in [4.78, 5) is 6.89.